The van der Waals surface area contributed by atoms with Gasteiger partial charge in [-0.25, -0.2) is 0 Å². The number of rotatable bonds is 1. The standard InChI is InChI=1S/C14H17NO2/c1-2-12-14(7-13(16)15-12)9-17-8-10-5-3-4-6-11(10)14/h3-6,12H,2,7-9H2,1H3,(H,15,16). The van der Waals surface area contributed by atoms with E-state index in [2.05, 4.69) is 30.4 Å². The maximum Gasteiger partial charge on any atom is 0.221 e. The van der Waals surface area contributed by atoms with Crippen LogP contribution in [-0.4, -0.2) is 18.6 Å². The van der Waals surface area contributed by atoms with E-state index in [0.29, 0.717) is 19.6 Å². The fourth-order valence-electron chi connectivity index (χ4n) is 3.27. The summed E-state index contributed by atoms with van der Waals surface area (Å²) in [5.41, 5.74) is 2.39. The molecule has 1 fully saturated rings. The first-order valence-corrected chi connectivity index (χ1v) is 6.22. The highest BCUT2D eigenvalue weighted by Gasteiger charge is 2.49. The summed E-state index contributed by atoms with van der Waals surface area (Å²) < 4.78 is 5.72. The quantitative estimate of drug-likeness (QED) is 0.799. The van der Waals surface area contributed by atoms with E-state index >= 15 is 0 Å². The van der Waals surface area contributed by atoms with Gasteiger partial charge in [0.15, 0.2) is 0 Å². The molecule has 0 bridgehead atoms. The van der Waals surface area contributed by atoms with E-state index in [1.54, 1.807) is 0 Å². The number of carbonyl (C=O) groups is 1. The summed E-state index contributed by atoms with van der Waals surface area (Å²) in [4.78, 5) is 11.7. The van der Waals surface area contributed by atoms with Gasteiger partial charge in [0.05, 0.1) is 13.2 Å². The van der Waals surface area contributed by atoms with Crippen LogP contribution in [0.1, 0.15) is 30.9 Å². The maximum atomic E-state index is 11.7. The molecular weight excluding hydrogens is 214 g/mol. The molecule has 3 nitrogen and oxygen atoms in total. The summed E-state index contributed by atoms with van der Waals surface area (Å²) >= 11 is 0. The fourth-order valence-corrected chi connectivity index (χ4v) is 3.27. The summed E-state index contributed by atoms with van der Waals surface area (Å²) in [6.45, 7) is 3.44. The van der Waals surface area contributed by atoms with Gasteiger partial charge < -0.3 is 10.1 Å². The topological polar surface area (TPSA) is 38.3 Å². The highest BCUT2D eigenvalue weighted by atomic mass is 16.5. The minimum absolute atomic E-state index is 0.138. The van der Waals surface area contributed by atoms with Crippen LogP contribution < -0.4 is 5.32 Å². The largest absolute Gasteiger partial charge is 0.376 e. The second kappa shape index (κ2) is 3.84. The third kappa shape index (κ3) is 1.49. The van der Waals surface area contributed by atoms with E-state index in [1.807, 2.05) is 6.07 Å². The van der Waals surface area contributed by atoms with Gasteiger partial charge in [0.1, 0.15) is 0 Å². The molecular formula is C14H17NO2. The van der Waals surface area contributed by atoms with Crippen molar-refractivity contribution in [2.45, 2.75) is 37.8 Å². The van der Waals surface area contributed by atoms with Crippen molar-refractivity contribution in [1.82, 2.24) is 5.32 Å². The van der Waals surface area contributed by atoms with E-state index in [4.69, 9.17) is 4.74 Å². The monoisotopic (exact) mass is 231 g/mol. The van der Waals surface area contributed by atoms with Crippen molar-refractivity contribution in [2.24, 2.45) is 0 Å². The lowest BCUT2D eigenvalue weighted by Gasteiger charge is -2.38. The van der Waals surface area contributed by atoms with Crippen molar-refractivity contribution < 1.29 is 9.53 Å². The van der Waals surface area contributed by atoms with Gasteiger partial charge in [0.2, 0.25) is 5.91 Å². The zero-order valence-corrected chi connectivity index (χ0v) is 10.0. The Labute approximate surface area is 101 Å². The third-order valence-electron chi connectivity index (χ3n) is 4.06. The number of amides is 1. The summed E-state index contributed by atoms with van der Waals surface area (Å²) in [6.07, 6.45) is 1.51. The maximum absolute atomic E-state index is 11.7. The Kier molecular flexibility index (Phi) is 2.44. The van der Waals surface area contributed by atoms with Crippen LogP contribution in [0.4, 0.5) is 0 Å². The number of benzene rings is 1. The summed E-state index contributed by atoms with van der Waals surface area (Å²) in [7, 11) is 0. The Morgan fingerprint density at radius 2 is 2.29 bits per heavy atom. The third-order valence-corrected chi connectivity index (χ3v) is 4.06. The van der Waals surface area contributed by atoms with Crippen LogP contribution >= 0.6 is 0 Å². The van der Waals surface area contributed by atoms with Crippen LogP contribution in [0.25, 0.3) is 0 Å². The first-order valence-electron chi connectivity index (χ1n) is 6.22. The van der Waals surface area contributed by atoms with Gasteiger partial charge in [-0.3, -0.25) is 4.79 Å². The zero-order valence-electron chi connectivity index (χ0n) is 10.0. The summed E-state index contributed by atoms with van der Waals surface area (Å²) in [6, 6.07) is 8.55. The minimum Gasteiger partial charge on any atom is -0.376 e. The van der Waals surface area contributed by atoms with E-state index in [1.165, 1.54) is 11.1 Å². The Morgan fingerprint density at radius 3 is 3.12 bits per heavy atom. The smallest absolute Gasteiger partial charge is 0.221 e. The molecule has 1 amide bonds. The molecule has 90 valence electrons. The average molecular weight is 231 g/mol. The van der Waals surface area contributed by atoms with E-state index in [9.17, 15) is 4.79 Å². The molecule has 0 aliphatic carbocycles. The van der Waals surface area contributed by atoms with Gasteiger partial charge in [0, 0.05) is 17.9 Å². The highest BCUT2D eigenvalue weighted by molar-refractivity contribution is 5.82. The minimum atomic E-state index is -0.138. The molecule has 2 aliphatic rings. The predicted octanol–water partition coefficient (Wildman–Crippen LogP) is 1.75. The number of hydrogen-bond donors (Lipinski definition) is 1. The zero-order chi connectivity index (χ0) is 11.9. The SMILES string of the molecule is CCC1NC(=O)CC12COCc1ccccc12. The van der Waals surface area contributed by atoms with Gasteiger partial charge in [0.25, 0.3) is 0 Å². The lowest BCUT2D eigenvalue weighted by atomic mass is 9.71. The highest BCUT2D eigenvalue weighted by Crippen LogP contribution is 2.42. The molecule has 2 aliphatic heterocycles. The van der Waals surface area contributed by atoms with Crippen molar-refractivity contribution in [3.63, 3.8) is 0 Å². The molecule has 1 spiro atoms. The molecule has 2 heterocycles. The van der Waals surface area contributed by atoms with Crippen LogP contribution in [0, 0.1) is 0 Å². The summed E-state index contributed by atoms with van der Waals surface area (Å²) in [5, 5.41) is 3.09. The Bertz CT molecular complexity index is 457. The Balaban J connectivity index is 2.12. The van der Waals surface area contributed by atoms with E-state index in [0.717, 1.165) is 6.42 Å². The second-order valence-corrected chi connectivity index (χ2v) is 5.01. The molecule has 1 aromatic rings. The molecule has 1 aromatic carbocycles. The van der Waals surface area contributed by atoms with E-state index < -0.39 is 0 Å². The first kappa shape index (κ1) is 10.8. The lowest BCUT2D eigenvalue weighted by molar-refractivity contribution is -0.119. The molecule has 2 atom stereocenters. The Hall–Kier alpha value is -1.35. The van der Waals surface area contributed by atoms with Crippen molar-refractivity contribution in [3.05, 3.63) is 35.4 Å². The van der Waals surface area contributed by atoms with Crippen molar-refractivity contribution in [1.29, 1.82) is 0 Å². The molecule has 3 rings (SSSR count). The molecule has 1 N–H and O–H groups in total. The van der Waals surface area contributed by atoms with Crippen molar-refractivity contribution in [2.75, 3.05) is 6.61 Å². The number of ether oxygens (including phenoxy) is 1. The van der Waals surface area contributed by atoms with Crippen LogP contribution in [0.3, 0.4) is 0 Å². The molecule has 0 radical (unpaired) electrons. The summed E-state index contributed by atoms with van der Waals surface area (Å²) in [5.74, 6) is 0.150. The molecule has 17 heavy (non-hydrogen) atoms. The van der Waals surface area contributed by atoms with Gasteiger partial charge in [-0.1, -0.05) is 31.2 Å². The Morgan fingerprint density at radius 1 is 1.47 bits per heavy atom. The second-order valence-electron chi connectivity index (χ2n) is 5.01. The molecule has 0 aromatic heterocycles. The van der Waals surface area contributed by atoms with Crippen molar-refractivity contribution >= 4 is 5.91 Å². The van der Waals surface area contributed by atoms with Crippen LogP contribution in [0.2, 0.25) is 0 Å². The number of fused-ring (bicyclic) bond motifs is 2. The van der Waals surface area contributed by atoms with Gasteiger partial charge in [-0.05, 0) is 17.5 Å². The predicted molar refractivity (Wildman–Crippen MR) is 64.6 cm³/mol. The molecule has 3 heteroatoms. The van der Waals surface area contributed by atoms with Crippen molar-refractivity contribution in [3.8, 4) is 0 Å². The normalized spacial score (nSPS) is 31.4. The lowest BCUT2D eigenvalue weighted by Crippen LogP contribution is -2.46. The average Bonchev–Trinajstić information content (AvgIpc) is 2.67. The van der Waals surface area contributed by atoms with Crippen LogP contribution in [0.15, 0.2) is 24.3 Å². The number of hydrogen-bond acceptors (Lipinski definition) is 2. The number of nitrogens with one attached hydrogen (secondary N) is 1. The van der Waals surface area contributed by atoms with Crippen LogP contribution in [-0.2, 0) is 21.6 Å². The van der Waals surface area contributed by atoms with E-state index in [-0.39, 0.29) is 17.4 Å². The molecule has 0 saturated carbocycles. The van der Waals surface area contributed by atoms with Gasteiger partial charge in [-0.15, -0.1) is 0 Å². The van der Waals surface area contributed by atoms with Crippen LogP contribution in [0.5, 0.6) is 0 Å². The first-order chi connectivity index (χ1) is 8.26. The van der Waals surface area contributed by atoms with Gasteiger partial charge in [-0.2, -0.15) is 0 Å². The number of carbonyl (C=O) groups excluding carboxylic acids is 1. The van der Waals surface area contributed by atoms with Gasteiger partial charge >= 0.3 is 0 Å². The fraction of sp³-hybridized carbons (Fsp3) is 0.500. The molecule has 2 unspecified atom stereocenters. The molecule has 1 saturated heterocycles.